The lowest BCUT2D eigenvalue weighted by atomic mass is 10.3. The number of halogens is 2. The largest absolute Gasteiger partial charge is 0.324 e. The molecule has 0 aliphatic carbocycles. The lowest BCUT2D eigenvalue weighted by Crippen LogP contribution is -2.20. The molecule has 1 aromatic heterocycles. The van der Waals surface area contributed by atoms with Crippen molar-refractivity contribution in [2.24, 2.45) is 0 Å². The highest BCUT2D eigenvalue weighted by atomic mass is 35.5. The first-order valence-corrected chi connectivity index (χ1v) is 6.10. The zero-order valence-electron chi connectivity index (χ0n) is 10.6. The van der Waals surface area contributed by atoms with Gasteiger partial charge in [0.25, 0.3) is 0 Å². The average molecular weight is 282 g/mol. The molecule has 0 aliphatic rings. The molecule has 0 fully saturated rings. The van der Waals surface area contributed by atoms with E-state index in [0.29, 0.717) is 16.4 Å². The number of aromatic nitrogens is 2. The minimum atomic E-state index is -0.344. The van der Waals surface area contributed by atoms with Crippen LogP contribution in [-0.4, -0.2) is 15.7 Å². The number of nitrogens with zero attached hydrogens (tertiary/aromatic N) is 2. The highest BCUT2D eigenvalue weighted by Crippen LogP contribution is 2.18. The van der Waals surface area contributed by atoms with Crippen molar-refractivity contribution >= 4 is 23.2 Å². The van der Waals surface area contributed by atoms with Gasteiger partial charge in [0.05, 0.1) is 16.4 Å². The van der Waals surface area contributed by atoms with Crippen molar-refractivity contribution in [1.82, 2.24) is 9.78 Å². The molecule has 1 heterocycles. The molecule has 2 aromatic rings. The molecule has 2 rings (SSSR count). The SMILES string of the molecule is Cc1nn(CC(=O)Nc2ccc(F)cc2)c(C)c1Cl. The van der Waals surface area contributed by atoms with Gasteiger partial charge in [-0.15, -0.1) is 0 Å². The fourth-order valence-electron chi connectivity index (χ4n) is 1.70. The Hall–Kier alpha value is -1.88. The first-order chi connectivity index (χ1) is 8.97. The van der Waals surface area contributed by atoms with Crippen molar-refractivity contribution in [1.29, 1.82) is 0 Å². The molecule has 0 saturated carbocycles. The lowest BCUT2D eigenvalue weighted by Gasteiger charge is -2.06. The standard InChI is InChI=1S/C13H13ClFN3O/c1-8-13(14)9(2)18(17-8)7-12(19)16-11-5-3-10(15)4-6-11/h3-6H,7H2,1-2H3,(H,16,19). The molecule has 19 heavy (non-hydrogen) atoms. The third kappa shape index (κ3) is 3.12. The molecule has 0 unspecified atom stereocenters. The van der Waals surface area contributed by atoms with Crippen molar-refractivity contribution in [2.45, 2.75) is 20.4 Å². The molecule has 100 valence electrons. The predicted octanol–water partition coefficient (Wildman–Crippen LogP) is 2.93. The van der Waals surface area contributed by atoms with E-state index in [4.69, 9.17) is 11.6 Å². The summed E-state index contributed by atoms with van der Waals surface area (Å²) in [6, 6.07) is 5.58. The van der Waals surface area contributed by atoms with Crippen LogP contribution in [0, 0.1) is 19.7 Å². The Balaban J connectivity index is 2.05. The summed E-state index contributed by atoms with van der Waals surface area (Å²) in [7, 11) is 0. The van der Waals surface area contributed by atoms with Crippen LogP contribution in [0.3, 0.4) is 0 Å². The van der Waals surface area contributed by atoms with Gasteiger partial charge in [-0.3, -0.25) is 9.48 Å². The van der Waals surface area contributed by atoms with Crippen LogP contribution in [0.1, 0.15) is 11.4 Å². The summed E-state index contributed by atoms with van der Waals surface area (Å²) in [6.45, 7) is 3.65. The monoisotopic (exact) mass is 281 g/mol. The van der Waals surface area contributed by atoms with E-state index in [0.717, 1.165) is 5.69 Å². The summed E-state index contributed by atoms with van der Waals surface area (Å²) in [4.78, 5) is 11.8. The Bertz CT molecular complexity index is 607. The molecular weight excluding hydrogens is 269 g/mol. The van der Waals surface area contributed by atoms with Crippen molar-refractivity contribution in [3.8, 4) is 0 Å². The van der Waals surface area contributed by atoms with Gasteiger partial charge in [0, 0.05) is 5.69 Å². The fourth-order valence-corrected chi connectivity index (χ4v) is 1.83. The number of anilines is 1. The molecule has 1 amide bonds. The molecule has 6 heteroatoms. The highest BCUT2D eigenvalue weighted by molar-refractivity contribution is 6.31. The van der Waals surface area contributed by atoms with Crippen LogP contribution in [0.5, 0.6) is 0 Å². The van der Waals surface area contributed by atoms with Gasteiger partial charge >= 0.3 is 0 Å². The van der Waals surface area contributed by atoms with E-state index in [9.17, 15) is 9.18 Å². The van der Waals surface area contributed by atoms with Crippen LogP contribution in [0.15, 0.2) is 24.3 Å². The summed E-state index contributed by atoms with van der Waals surface area (Å²) in [6.07, 6.45) is 0. The van der Waals surface area contributed by atoms with Crippen LogP contribution >= 0.6 is 11.6 Å². The lowest BCUT2D eigenvalue weighted by molar-refractivity contribution is -0.116. The number of nitrogens with one attached hydrogen (secondary N) is 1. The van der Waals surface area contributed by atoms with Gasteiger partial charge in [-0.25, -0.2) is 4.39 Å². The Labute approximate surface area is 115 Å². The minimum absolute atomic E-state index is 0.0662. The number of aryl methyl sites for hydroxylation is 1. The van der Waals surface area contributed by atoms with Crippen LogP contribution in [0.4, 0.5) is 10.1 Å². The Morgan fingerprint density at radius 3 is 2.53 bits per heavy atom. The smallest absolute Gasteiger partial charge is 0.246 e. The van der Waals surface area contributed by atoms with E-state index in [1.807, 2.05) is 0 Å². The van der Waals surface area contributed by atoms with Crippen LogP contribution in [0.2, 0.25) is 5.02 Å². The zero-order chi connectivity index (χ0) is 14.0. The second-order valence-electron chi connectivity index (χ2n) is 4.20. The van der Waals surface area contributed by atoms with Gasteiger partial charge in [-0.2, -0.15) is 5.10 Å². The number of carbonyl (C=O) groups excluding carboxylic acids is 1. The van der Waals surface area contributed by atoms with Crippen molar-refractivity contribution < 1.29 is 9.18 Å². The molecule has 0 atom stereocenters. The maximum atomic E-state index is 12.7. The molecular formula is C13H13ClFN3O. The number of hydrogen-bond donors (Lipinski definition) is 1. The summed E-state index contributed by atoms with van der Waals surface area (Å²) >= 11 is 6.00. The first kappa shape index (κ1) is 13.5. The van der Waals surface area contributed by atoms with Gasteiger partial charge < -0.3 is 5.32 Å². The summed E-state index contributed by atoms with van der Waals surface area (Å²) < 4.78 is 14.3. The van der Waals surface area contributed by atoms with Crippen LogP contribution in [-0.2, 0) is 11.3 Å². The summed E-state index contributed by atoms with van der Waals surface area (Å²) in [5, 5.41) is 7.40. The molecule has 4 nitrogen and oxygen atoms in total. The van der Waals surface area contributed by atoms with E-state index < -0.39 is 0 Å². The van der Waals surface area contributed by atoms with E-state index in [1.54, 1.807) is 13.8 Å². The average Bonchev–Trinajstić information content (AvgIpc) is 2.60. The van der Waals surface area contributed by atoms with Gasteiger partial charge in [0.1, 0.15) is 12.4 Å². The number of rotatable bonds is 3. The molecule has 1 N–H and O–H groups in total. The number of amides is 1. The highest BCUT2D eigenvalue weighted by Gasteiger charge is 2.12. The molecule has 0 aliphatic heterocycles. The predicted molar refractivity (Wildman–Crippen MR) is 71.7 cm³/mol. The Kier molecular flexibility index (Phi) is 3.85. The van der Waals surface area contributed by atoms with Crippen molar-refractivity contribution in [3.63, 3.8) is 0 Å². The first-order valence-electron chi connectivity index (χ1n) is 5.72. The van der Waals surface area contributed by atoms with Gasteiger partial charge in [-0.1, -0.05) is 11.6 Å². The summed E-state index contributed by atoms with van der Waals surface area (Å²) in [5.74, 6) is -0.586. The van der Waals surface area contributed by atoms with Crippen molar-refractivity contribution in [2.75, 3.05) is 5.32 Å². The van der Waals surface area contributed by atoms with Gasteiger partial charge in [-0.05, 0) is 38.1 Å². The van der Waals surface area contributed by atoms with E-state index in [1.165, 1.54) is 28.9 Å². The van der Waals surface area contributed by atoms with E-state index in [2.05, 4.69) is 10.4 Å². The number of benzene rings is 1. The third-order valence-corrected chi connectivity index (χ3v) is 3.26. The third-order valence-electron chi connectivity index (χ3n) is 2.71. The van der Waals surface area contributed by atoms with Gasteiger partial charge in [0.15, 0.2) is 0 Å². The molecule has 0 bridgehead atoms. The second kappa shape index (κ2) is 5.40. The topological polar surface area (TPSA) is 46.9 Å². The Morgan fingerprint density at radius 2 is 2.00 bits per heavy atom. The zero-order valence-corrected chi connectivity index (χ0v) is 11.3. The Morgan fingerprint density at radius 1 is 1.37 bits per heavy atom. The van der Waals surface area contributed by atoms with Gasteiger partial charge in [0.2, 0.25) is 5.91 Å². The normalized spacial score (nSPS) is 10.5. The van der Waals surface area contributed by atoms with Crippen LogP contribution < -0.4 is 5.32 Å². The second-order valence-corrected chi connectivity index (χ2v) is 4.58. The van der Waals surface area contributed by atoms with E-state index in [-0.39, 0.29) is 18.3 Å². The number of carbonyl (C=O) groups is 1. The molecule has 0 radical (unpaired) electrons. The minimum Gasteiger partial charge on any atom is -0.324 e. The molecule has 0 spiro atoms. The molecule has 1 aromatic carbocycles. The molecule has 0 saturated heterocycles. The van der Waals surface area contributed by atoms with Crippen LogP contribution in [0.25, 0.3) is 0 Å². The number of hydrogen-bond acceptors (Lipinski definition) is 2. The fraction of sp³-hybridized carbons (Fsp3) is 0.231. The van der Waals surface area contributed by atoms with E-state index >= 15 is 0 Å². The maximum absolute atomic E-state index is 12.7. The summed E-state index contributed by atoms with van der Waals surface area (Å²) in [5.41, 5.74) is 1.97. The van der Waals surface area contributed by atoms with Crippen molar-refractivity contribution in [3.05, 3.63) is 46.5 Å². The maximum Gasteiger partial charge on any atom is 0.246 e. The quantitative estimate of drug-likeness (QED) is 0.940.